The van der Waals surface area contributed by atoms with E-state index in [0.717, 1.165) is 29.5 Å². The number of ether oxygens (including phenoxy) is 1. The van der Waals surface area contributed by atoms with E-state index in [1.807, 2.05) is 13.0 Å². The Kier molecular flexibility index (Phi) is 19.5. The molecule has 0 aromatic heterocycles. The minimum Gasteiger partial charge on any atom is -0.422 e. The predicted octanol–water partition coefficient (Wildman–Crippen LogP) is 9.68. The van der Waals surface area contributed by atoms with E-state index < -0.39 is 0 Å². The molecule has 0 heterocycles. The highest BCUT2D eigenvalue weighted by Gasteiger charge is 2.22. The number of carbonyl (C=O) groups is 1. The lowest BCUT2D eigenvalue weighted by molar-refractivity contribution is -0.883. The highest BCUT2D eigenvalue weighted by Crippen LogP contribution is 2.28. The van der Waals surface area contributed by atoms with Gasteiger partial charge in [-0.1, -0.05) is 116 Å². The van der Waals surface area contributed by atoms with Gasteiger partial charge >= 0.3 is 5.97 Å². The molecule has 40 heavy (non-hydrogen) atoms. The van der Waals surface area contributed by atoms with E-state index in [4.69, 9.17) is 4.74 Å². The van der Waals surface area contributed by atoms with Crippen LogP contribution in [-0.4, -0.2) is 62.7 Å². The molecule has 0 aliphatic heterocycles. The lowest BCUT2D eigenvalue weighted by atomic mass is 9.99. The van der Waals surface area contributed by atoms with Crippen molar-refractivity contribution < 1.29 is 14.0 Å². The molecule has 0 bridgehead atoms. The molecule has 1 aromatic carbocycles. The molecule has 232 valence electrons. The van der Waals surface area contributed by atoms with Crippen molar-refractivity contribution in [3.05, 3.63) is 29.3 Å². The Hall–Kier alpha value is -1.39. The molecule has 0 spiro atoms. The van der Waals surface area contributed by atoms with Crippen molar-refractivity contribution in [2.75, 3.05) is 41.3 Å². The van der Waals surface area contributed by atoms with Crippen LogP contribution in [0, 0.1) is 6.92 Å². The molecule has 4 heteroatoms. The Morgan fingerprint density at radius 2 is 1.30 bits per heavy atom. The zero-order valence-electron chi connectivity index (χ0n) is 28.0. The second-order valence-electron chi connectivity index (χ2n) is 13.6. The van der Waals surface area contributed by atoms with Crippen molar-refractivity contribution in [3.63, 3.8) is 0 Å². The van der Waals surface area contributed by atoms with Gasteiger partial charge in [0.15, 0.2) is 6.54 Å². The van der Waals surface area contributed by atoms with Gasteiger partial charge in [-0.15, -0.1) is 0 Å². The summed E-state index contributed by atoms with van der Waals surface area (Å²) in [7, 11) is 8.83. The van der Waals surface area contributed by atoms with Gasteiger partial charge in [0.1, 0.15) is 5.75 Å². The fraction of sp³-hybridized carbons (Fsp3) is 0.806. The van der Waals surface area contributed by atoms with E-state index in [0.29, 0.717) is 16.9 Å². The topological polar surface area (TPSA) is 29.5 Å². The third-order valence-corrected chi connectivity index (χ3v) is 8.49. The van der Waals surface area contributed by atoms with Crippen LogP contribution in [-0.2, 0) is 4.79 Å². The Morgan fingerprint density at radius 3 is 1.80 bits per heavy atom. The van der Waals surface area contributed by atoms with Crippen LogP contribution in [0.5, 0.6) is 5.75 Å². The summed E-state index contributed by atoms with van der Waals surface area (Å²) < 4.78 is 6.52. The average Bonchev–Trinajstić information content (AvgIpc) is 2.87. The van der Waals surface area contributed by atoms with Crippen LogP contribution >= 0.6 is 0 Å². The molecule has 0 saturated heterocycles. The molecule has 1 atom stereocenters. The summed E-state index contributed by atoms with van der Waals surface area (Å²) in [4.78, 5) is 15.2. The molecule has 1 aromatic rings. The zero-order valence-corrected chi connectivity index (χ0v) is 28.0. The van der Waals surface area contributed by atoms with E-state index in [1.165, 1.54) is 109 Å². The van der Waals surface area contributed by atoms with Gasteiger partial charge in [-0.2, -0.15) is 0 Å². The predicted molar refractivity (Wildman–Crippen MR) is 174 cm³/mol. The van der Waals surface area contributed by atoms with Gasteiger partial charge < -0.3 is 14.1 Å². The lowest BCUT2D eigenvalue weighted by Gasteiger charge is -2.28. The molecular formula is C36H67N2O2+. The van der Waals surface area contributed by atoms with Crippen LogP contribution in [0.3, 0.4) is 0 Å². The van der Waals surface area contributed by atoms with Gasteiger partial charge in [0.2, 0.25) is 0 Å². The van der Waals surface area contributed by atoms with Crippen molar-refractivity contribution in [3.8, 4) is 5.75 Å². The van der Waals surface area contributed by atoms with Gasteiger partial charge in [0.05, 0.1) is 20.6 Å². The van der Waals surface area contributed by atoms with E-state index in [2.05, 4.69) is 66.0 Å². The normalized spacial score (nSPS) is 12.8. The standard InChI is InChI=1S/C36H67N2O2/c1-9-10-11-12-13-15-18-21-24-33(37(5)6)25-22-19-16-14-17-20-23-28-38(7,8)30-36(39)40-35-29-32(4)26-27-34(35)31(2)3/h26-27,29,31,33H,9-25,28,30H2,1-8H3/q+1. The summed E-state index contributed by atoms with van der Waals surface area (Å²) in [5.41, 5.74) is 2.22. The number of esters is 1. The molecule has 0 aliphatic carbocycles. The number of nitrogens with zero attached hydrogens (tertiary/aromatic N) is 2. The first-order valence-corrected chi connectivity index (χ1v) is 16.9. The summed E-state index contributed by atoms with van der Waals surface area (Å²) in [6.07, 6.45) is 23.2. The van der Waals surface area contributed by atoms with E-state index in [-0.39, 0.29) is 5.97 Å². The van der Waals surface area contributed by atoms with Crippen molar-refractivity contribution in [2.24, 2.45) is 0 Å². The molecule has 0 N–H and O–H groups in total. The number of aryl methyl sites for hydroxylation is 1. The van der Waals surface area contributed by atoms with Crippen LogP contribution in [0.1, 0.15) is 147 Å². The Labute approximate surface area is 249 Å². The summed E-state index contributed by atoms with van der Waals surface area (Å²) in [6.45, 7) is 10.0. The smallest absolute Gasteiger partial charge is 0.367 e. The number of unbranched alkanes of at least 4 members (excludes halogenated alkanes) is 13. The van der Waals surface area contributed by atoms with Crippen molar-refractivity contribution >= 4 is 5.97 Å². The molecule has 0 radical (unpaired) electrons. The first kappa shape index (κ1) is 36.6. The summed E-state index contributed by atoms with van der Waals surface area (Å²) >= 11 is 0. The van der Waals surface area contributed by atoms with Gasteiger partial charge in [0, 0.05) is 6.04 Å². The van der Waals surface area contributed by atoms with Gasteiger partial charge in [0.25, 0.3) is 0 Å². The SMILES string of the molecule is CCCCCCCCCCC(CCCCCCCCC[N+](C)(C)CC(=O)Oc1cc(C)ccc1C(C)C)N(C)C. The van der Waals surface area contributed by atoms with Crippen LogP contribution in [0.2, 0.25) is 0 Å². The van der Waals surface area contributed by atoms with Crippen LogP contribution in [0.15, 0.2) is 18.2 Å². The summed E-state index contributed by atoms with van der Waals surface area (Å²) in [5.74, 6) is 0.932. The fourth-order valence-electron chi connectivity index (χ4n) is 5.77. The second kappa shape index (κ2) is 21.3. The molecule has 0 amide bonds. The Bertz CT molecular complexity index is 787. The largest absolute Gasteiger partial charge is 0.422 e. The Morgan fingerprint density at radius 1 is 0.800 bits per heavy atom. The van der Waals surface area contributed by atoms with Gasteiger partial charge in [-0.25, -0.2) is 4.79 Å². The van der Waals surface area contributed by atoms with Crippen molar-refractivity contribution in [1.82, 2.24) is 4.90 Å². The number of hydrogen-bond donors (Lipinski definition) is 0. The summed E-state index contributed by atoms with van der Waals surface area (Å²) in [6, 6.07) is 6.92. The van der Waals surface area contributed by atoms with Crippen LogP contribution in [0.25, 0.3) is 0 Å². The highest BCUT2D eigenvalue weighted by atomic mass is 16.5. The van der Waals surface area contributed by atoms with E-state index in [1.54, 1.807) is 0 Å². The molecule has 1 unspecified atom stereocenters. The monoisotopic (exact) mass is 560 g/mol. The van der Waals surface area contributed by atoms with Crippen LogP contribution < -0.4 is 4.74 Å². The number of carbonyl (C=O) groups excluding carboxylic acids is 1. The maximum absolute atomic E-state index is 12.7. The van der Waals surface area contributed by atoms with E-state index in [9.17, 15) is 4.79 Å². The van der Waals surface area contributed by atoms with Crippen molar-refractivity contribution in [2.45, 2.75) is 149 Å². The molecule has 4 nitrogen and oxygen atoms in total. The third-order valence-electron chi connectivity index (χ3n) is 8.49. The number of benzene rings is 1. The second-order valence-corrected chi connectivity index (χ2v) is 13.6. The first-order valence-electron chi connectivity index (χ1n) is 16.9. The minimum absolute atomic E-state index is 0.129. The quantitative estimate of drug-likeness (QED) is 0.0546. The number of quaternary nitrogens is 1. The minimum atomic E-state index is -0.129. The molecule has 1 rings (SSSR count). The zero-order chi connectivity index (χ0) is 29.8. The molecule has 0 saturated carbocycles. The number of rotatable bonds is 24. The number of hydrogen-bond acceptors (Lipinski definition) is 3. The van der Waals surface area contributed by atoms with Gasteiger partial charge in [-0.3, -0.25) is 0 Å². The average molecular weight is 560 g/mol. The maximum atomic E-state index is 12.7. The third kappa shape index (κ3) is 17.4. The molecular weight excluding hydrogens is 492 g/mol. The van der Waals surface area contributed by atoms with Crippen LogP contribution in [0.4, 0.5) is 0 Å². The Balaban J connectivity index is 2.14. The molecule has 0 aliphatic rings. The fourth-order valence-corrected chi connectivity index (χ4v) is 5.77. The molecule has 0 fully saturated rings. The lowest BCUT2D eigenvalue weighted by Crippen LogP contribution is -2.45. The summed E-state index contributed by atoms with van der Waals surface area (Å²) in [5, 5.41) is 0. The highest BCUT2D eigenvalue weighted by molar-refractivity contribution is 5.74. The van der Waals surface area contributed by atoms with E-state index >= 15 is 0 Å². The maximum Gasteiger partial charge on any atom is 0.367 e. The van der Waals surface area contributed by atoms with Gasteiger partial charge in [-0.05, 0) is 69.8 Å². The van der Waals surface area contributed by atoms with Crippen molar-refractivity contribution in [1.29, 1.82) is 0 Å². The number of likely N-dealkylation sites (N-methyl/N-ethyl adjacent to an activating group) is 1. The first-order chi connectivity index (χ1) is 19.1.